The first-order valence-electron chi connectivity index (χ1n) is 7.00. The van der Waals surface area contributed by atoms with Gasteiger partial charge in [0.25, 0.3) is 5.91 Å². The largest absolute Gasteiger partial charge is 0.346 e. The molecule has 1 heterocycles. The minimum atomic E-state index is -0.178. The van der Waals surface area contributed by atoms with Gasteiger partial charge in [0.15, 0.2) is 0 Å². The van der Waals surface area contributed by atoms with Crippen molar-refractivity contribution in [1.29, 1.82) is 0 Å². The van der Waals surface area contributed by atoms with Crippen molar-refractivity contribution in [3.8, 4) is 11.3 Å². The zero-order chi connectivity index (χ0) is 14.8. The van der Waals surface area contributed by atoms with Crippen LogP contribution in [0.5, 0.6) is 0 Å². The van der Waals surface area contributed by atoms with E-state index in [-0.39, 0.29) is 11.9 Å². The highest BCUT2D eigenvalue weighted by atomic mass is 35.5. The van der Waals surface area contributed by atoms with Gasteiger partial charge in [0, 0.05) is 18.2 Å². The number of carbonyl (C=O) groups excluding carboxylic acids is 1. The van der Waals surface area contributed by atoms with Gasteiger partial charge in [0.05, 0.1) is 10.7 Å². The van der Waals surface area contributed by atoms with Crippen molar-refractivity contribution >= 4 is 17.5 Å². The summed E-state index contributed by atoms with van der Waals surface area (Å²) in [6.07, 6.45) is 2.27. The lowest BCUT2D eigenvalue weighted by Gasteiger charge is -2.14. The van der Waals surface area contributed by atoms with Crippen LogP contribution in [0.15, 0.2) is 30.3 Å². The van der Waals surface area contributed by atoms with Crippen LogP contribution < -0.4 is 11.1 Å². The Labute approximate surface area is 127 Å². The second-order valence-electron chi connectivity index (χ2n) is 5.30. The van der Waals surface area contributed by atoms with E-state index in [0.717, 1.165) is 18.4 Å². The number of rotatable bonds is 5. The molecule has 1 aromatic carbocycles. The van der Waals surface area contributed by atoms with Crippen LogP contribution >= 0.6 is 11.6 Å². The molecule has 0 aliphatic heterocycles. The molecule has 3 rings (SSSR count). The van der Waals surface area contributed by atoms with Gasteiger partial charge in [0.2, 0.25) is 0 Å². The molecule has 0 saturated heterocycles. The molecule has 1 aliphatic carbocycles. The van der Waals surface area contributed by atoms with Crippen LogP contribution in [0.3, 0.4) is 0 Å². The Morgan fingerprint density at radius 2 is 2.24 bits per heavy atom. The molecule has 5 nitrogen and oxygen atoms in total. The van der Waals surface area contributed by atoms with Gasteiger partial charge in [0.1, 0.15) is 5.69 Å². The normalized spacial score (nSPS) is 15.7. The minimum absolute atomic E-state index is 0.0459. The van der Waals surface area contributed by atoms with Crippen molar-refractivity contribution in [2.24, 2.45) is 11.7 Å². The van der Waals surface area contributed by atoms with Crippen LogP contribution in [0.4, 0.5) is 0 Å². The Kier molecular flexibility index (Phi) is 3.94. The zero-order valence-electron chi connectivity index (χ0n) is 11.5. The molecule has 6 heteroatoms. The predicted octanol–water partition coefficient (Wildman–Crippen LogP) is 2.20. The third-order valence-electron chi connectivity index (χ3n) is 3.73. The summed E-state index contributed by atoms with van der Waals surface area (Å²) in [5.74, 6) is 0.341. The number of aromatic nitrogens is 2. The number of aromatic amines is 1. The SMILES string of the molecule is NCC(NC(=O)c1cc(-c2ccccc2Cl)n[nH]1)C1CC1. The highest BCUT2D eigenvalue weighted by Crippen LogP contribution is 2.32. The Morgan fingerprint density at radius 3 is 2.90 bits per heavy atom. The molecule has 1 fully saturated rings. The van der Waals surface area contributed by atoms with Crippen LogP contribution in [0, 0.1) is 5.92 Å². The smallest absolute Gasteiger partial charge is 0.269 e. The number of nitrogens with two attached hydrogens (primary N) is 1. The van der Waals surface area contributed by atoms with Gasteiger partial charge < -0.3 is 11.1 Å². The van der Waals surface area contributed by atoms with Crippen LogP contribution in [-0.4, -0.2) is 28.7 Å². The molecule has 1 unspecified atom stereocenters. The van der Waals surface area contributed by atoms with Gasteiger partial charge >= 0.3 is 0 Å². The summed E-state index contributed by atoms with van der Waals surface area (Å²) < 4.78 is 0. The van der Waals surface area contributed by atoms with Gasteiger partial charge in [-0.1, -0.05) is 29.8 Å². The first-order chi connectivity index (χ1) is 10.2. The van der Waals surface area contributed by atoms with Crippen LogP contribution in [-0.2, 0) is 0 Å². The van der Waals surface area contributed by atoms with E-state index in [2.05, 4.69) is 15.5 Å². The molecule has 1 atom stereocenters. The van der Waals surface area contributed by atoms with E-state index in [1.54, 1.807) is 12.1 Å². The fourth-order valence-corrected chi connectivity index (χ4v) is 2.59. The number of H-pyrrole nitrogens is 1. The molecule has 0 bridgehead atoms. The summed E-state index contributed by atoms with van der Waals surface area (Å²) in [5, 5.41) is 10.5. The monoisotopic (exact) mass is 304 g/mol. The molecule has 2 aromatic rings. The van der Waals surface area contributed by atoms with E-state index in [9.17, 15) is 4.79 Å². The van der Waals surface area contributed by atoms with E-state index in [4.69, 9.17) is 17.3 Å². The minimum Gasteiger partial charge on any atom is -0.346 e. The van der Waals surface area contributed by atoms with E-state index < -0.39 is 0 Å². The highest BCUT2D eigenvalue weighted by molar-refractivity contribution is 6.33. The molecule has 1 aliphatic rings. The Hall–Kier alpha value is -1.85. The van der Waals surface area contributed by atoms with Gasteiger partial charge in [-0.2, -0.15) is 5.10 Å². The molecule has 110 valence electrons. The summed E-state index contributed by atoms with van der Waals surface area (Å²) in [4.78, 5) is 12.2. The van der Waals surface area contributed by atoms with Crippen LogP contribution in [0.1, 0.15) is 23.3 Å². The lowest BCUT2D eigenvalue weighted by Crippen LogP contribution is -2.41. The van der Waals surface area contributed by atoms with E-state index in [0.29, 0.717) is 28.9 Å². The Bertz CT molecular complexity index is 651. The number of amides is 1. The molecule has 1 amide bonds. The molecule has 21 heavy (non-hydrogen) atoms. The average molecular weight is 305 g/mol. The predicted molar refractivity (Wildman–Crippen MR) is 82.1 cm³/mol. The molecule has 1 saturated carbocycles. The van der Waals surface area contributed by atoms with Gasteiger partial charge in [-0.25, -0.2) is 0 Å². The molecular weight excluding hydrogens is 288 g/mol. The van der Waals surface area contributed by atoms with Crippen LogP contribution in [0.25, 0.3) is 11.3 Å². The fraction of sp³-hybridized carbons (Fsp3) is 0.333. The highest BCUT2D eigenvalue weighted by Gasteiger charge is 2.31. The number of nitrogens with one attached hydrogen (secondary N) is 2. The molecule has 4 N–H and O–H groups in total. The molecular formula is C15H17ClN4O. The van der Waals surface area contributed by atoms with Crippen molar-refractivity contribution in [1.82, 2.24) is 15.5 Å². The number of carbonyl (C=O) groups is 1. The van der Waals surface area contributed by atoms with Crippen molar-refractivity contribution < 1.29 is 4.79 Å². The molecule has 0 spiro atoms. The van der Waals surface area contributed by atoms with Gasteiger partial charge in [-0.3, -0.25) is 9.89 Å². The number of halogens is 1. The summed E-state index contributed by atoms with van der Waals surface area (Å²) in [7, 11) is 0. The summed E-state index contributed by atoms with van der Waals surface area (Å²) in [5.41, 5.74) is 7.57. The molecule has 1 aromatic heterocycles. The van der Waals surface area contributed by atoms with E-state index >= 15 is 0 Å². The quantitative estimate of drug-likeness (QED) is 0.792. The average Bonchev–Trinajstić information content (AvgIpc) is 3.21. The summed E-state index contributed by atoms with van der Waals surface area (Å²) >= 11 is 6.13. The van der Waals surface area contributed by atoms with Crippen molar-refractivity contribution in [2.45, 2.75) is 18.9 Å². The maximum Gasteiger partial charge on any atom is 0.269 e. The summed E-state index contributed by atoms with van der Waals surface area (Å²) in [6.45, 7) is 0.460. The summed E-state index contributed by atoms with van der Waals surface area (Å²) in [6, 6.07) is 9.15. The Balaban J connectivity index is 1.75. The zero-order valence-corrected chi connectivity index (χ0v) is 12.2. The van der Waals surface area contributed by atoms with Crippen LogP contribution in [0.2, 0.25) is 5.02 Å². The topological polar surface area (TPSA) is 83.8 Å². The number of hydrogen-bond donors (Lipinski definition) is 3. The van der Waals surface area contributed by atoms with Crippen molar-refractivity contribution in [3.05, 3.63) is 41.0 Å². The second-order valence-corrected chi connectivity index (χ2v) is 5.71. The molecule has 0 radical (unpaired) electrons. The standard InChI is InChI=1S/C15H17ClN4O/c16-11-4-2-1-3-10(11)12-7-13(20-19-12)15(21)18-14(8-17)9-5-6-9/h1-4,7,9,14H,5-6,8,17H2,(H,18,21)(H,19,20). The fourth-order valence-electron chi connectivity index (χ4n) is 2.36. The lowest BCUT2D eigenvalue weighted by atomic mass is 10.1. The second kappa shape index (κ2) is 5.87. The van der Waals surface area contributed by atoms with Crippen molar-refractivity contribution in [2.75, 3.05) is 6.54 Å². The Morgan fingerprint density at radius 1 is 1.48 bits per heavy atom. The van der Waals surface area contributed by atoms with Gasteiger partial charge in [-0.15, -0.1) is 0 Å². The first kappa shape index (κ1) is 14.1. The third kappa shape index (κ3) is 3.09. The maximum absolute atomic E-state index is 12.2. The lowest BCUT2D eigenvalue weighted by molar-refractivity contribution is 0.0928. The number of hydrogen-bond acceptors (Lipinski definition) is 3. The number of benzene rings is 1. The third-order valence-corrected chi connectivity index (χ3v) is 4.06. The first-order valence-corrected chi connectivity index (χ1v) is 7.38. The van der Waals surface area contributed by atoms with E-state index in [1.807, 2.05) is 18.2 Å². The number of nitrogens with zero attached hydrogens (tertiary/aromatic N) is 1. The maximum atomic E-state index is 12.2. The van der Waals surface area contributed by atoms with E-state index in [1.165, 1.54) is 0 Å². The van der Waals surface area contributed by atoms with Crippen molar-refractivity contribution in [3.63, 3.8) is 0 Å². The van der Waals surface area contributed by atoms with Gasteiger partial charge in [-0.05, 0) is 30.9 Å².